The minimum absolute atomic E-state index is 0.0507. The molecular formula is C23H28FN3O3. The molecule has 6 nitrogen and oxygen atoms in total. The lowest BCUT2D eigenvalue weighted by Gasteiger charge is -2.31. The molecule has 0 spiro atoms. The third-order valence-corrected chi connectivity index (χ3v) is 5.35. The Labute approximate surface area is 176 Å². The smallest absolute Gasteiger partial charge is 0.317 e. The number of Topliss-reactive ketones (excluding diaryl/α,β-unsaturated/α-hetero) is 1. The van der Waals surface area contributed by atoms with Crippen LogP contribution >= 0.6 is 0 Å². The van der Waals surface area contributed by atoms with Gasteiger partial charge >= 0.3 is 6.03 Å². The number of urea groups is 1. The number of hydrogen-bond donors (Lipinski definition) is 2. The molecule has 1 heterocycles. The number of phenols is 1. The summed E-state index contributed by atoms with van der Waals surface area (Å²) < 4.78 is 13.9. The van der Waals surface area contributed by atoms with Crippen molar-refractivity contribution in [2.45, 2.75) is 25.9 Å². The first-order valence-electron chi connectivity index (χ1n) is 10.1. The van der Waals surface area contributed by atoms with Crippen LogP contribution in [0.5, 0.6) is 5.75 Å². The third kappa shape index (κ3) is 5.57. The monoisotopic (exact) mass is 413 g/mol. The molecule has 2 N–H and O–H groups in total. The maximum atomic E-state index is 13.9. The highest BCUT2D eigenvalue weighted by molar-refractivity contribution is 5.98. The molecule has 1 aliphatic heterocycles. The van der Waals surface area contributed by atoms with Crippen molar-refractivity contribution in [2.24, 2.45) is 5.92 Å². The van der Waals surface area contributed by atoms with Gasteiger partial charge in [-0.25, -0.2) is 9.18 Å². The second-order valence-corrected chi connectivity index (χ2v) is 7.99. The molecule has 1 aliphatic rings. The summed E-state index contributed by atoms with van der Waals surface area (Å²) in [5.41, 5.74) is 2.03. The van der Waals surface area contributed by atoms with E-state index in [0.717, 1.165) is 5.56 Å². The zero-order valence-electron chi connectivity index (χ0n) is 17.4. The molecule has 30 heavy (non-hydrogen) atoms. The number of ketones is 1. The fourth-order valence-electron chi connectivity index (χ4n) is 3.70. The lowest BCUT2D eigenvalue weighted by atomic mass is 9.89. The van der Waals surface area contributed by atoms with Crippen LogP contribution in [0.2, 0.25) is 0 Å². The summed E-state index contributed by atoms with van der Waals surface area (Å²) in [5, 5.41) is 12.3. The Hall–Kier alpha value is -2.93. The molecule has 0 unspecified atom stereocenters. The molecule has 0 bridgehead atoms. The Morgan fingerprint density at radius 2 is 1.80 bits per heavy atom. The van der Waals surface area contributed by atoms with Gasteiger partial charge in [-0.2, -0.15) is 0 Å². The number of likely N-dealkylation sites (tertiary alicyclic amines) is 1. The summed E-state index contributed by atoms with van der Waals surface area (Å²) in [4.78, 5) is 28.7. The van der Waals surface area contributed by atoms with Crippen molar-refractivity contribution in [1.29, 1.82) is 0 Å². The number of hydrogen-bond acceptors (Lipinski definition) is 4. The van der Waals surface area contributed by atoms with E-state index in [0.29, 0.717) is 50.1 Å². The first-order valence-corrected chi connectivity index (χ1v) is 10.1. The van der Waals surface area contributed by atoms with Crippen LogP contribution in [-0.4, -0.2) is 53.9 Å². The van der Waals surface area contributed by atoms with Gasteiger partial charge in [0.05, 0.1) is 0 Å². The number of rotatable bonds is 6. The van der Waals surface area contributed by atoms with Crippen LogP contribution in [0.3, 0.4) is 0 Å². The zero-order valence-corrected chi connectivity index (χ0v) is 17.4. The molecule has 3 rings (SSSR count). The van der Waals surface area contributed by atoms with Crippen molar-refractivity contribution < 1.29 is 19.1 Å². The lowest BCUT2D eigenvalue weighted by molar-refractivity contribution is 0.0854. The predicted octanol–water partition coefficient (Wildman–Crippen LogP) is 3.40. The van der Waals surface area contributed by atoms with E-state index in [1.165, 1.54) is 18.2 Å². The second kappa shape index (κ2) is 9.71. The first kappa shape index (κ1) is 21.8. The number of benzene rings is 2. The largest absolute Gasteiger partial charge is 0.508 e. The molecule has 1 fully saturated rings. The van der Waals surface area contributed by atoms with E-state index in [-0.39, 0.29) is 29.3 Å². The topological polar surface area (TPSA) is 72.9 Å². The summed E-state index contributed by atoms with van der Waals surface area (Å²) in [5.74, 6) is -0.189. The van der Waals surface area contributed by atoms with Gasteiger partial charge in [0.1, 0.15) is 11.6 Å². The van der Waals surface area contributed by atoms with Crippen LogP contribution in [0.15, 0.2) is 42.5 Å². The molecule has 2 aromatic carbocycles. The number of phenolic OH excluding ortho intramolecular Hbond substituents is 1. The number of nitrogens with zero attached hydrogens (tertiary/aromatic N) is 2. The standard InChI is InChI=1S/C23H28FN3O3/c1-26(2)15-19-13-16(3-8-21(19)24)14-25-23(30)27-11-9-18(10-12-27)22(29)17-4-6-20(28)7-5-17/h3-8,13,18,28H,9-12,14-15H2,1-2H3,(H,25,30). The van der Waals surface area contributed by atoms with Crippen LogP contribution in [0.25, 0.3) is 0 Å². The number of halogens is 1. The molecule has 0 saturated carbocycles. The van der Waals surface area contributed by atoms with Gasteiger partial charge < -0.3 is 20.2 Å². The summed E-state index contributed by atoms with van der Waals surface area (Å²) in [6, 6.07) is 11.0. The van der Waals surface area contributed by atoms with Gasteiger partial charge in [-0.1, -0.05) is 6.07 Å². The average molecular weight is 413 g/mol. The van der Waals surface area contributed by atoms with Crippen molar-refractivity contribution in [3.05, 3.63) is 65.0 Å². The van der Waals surface area contributed by atoms with E-state index in [1.807, 2.05) is 19.0 Å². The molecule has 2 aromatic rings. The molecule has 2 amide bonds. The van der Waals surface area contributed by atoms with Crippen LogP contribution < -0.4 is 5.32 Å². The number of aromatic hydroxyl groups is 1. The number of carbonyl (C=O) groups excluding carboxylic acids is 2. The SMILES string of the molecule is CN(C)Cc1cc(CNC(=O)N2CCC(C(=O)c3ccc(O)cc3)CC2)ccc1F. The Kier molecular flexibility index (Phi) is 7.05. The fourth-order valence-corrected chi connectivity index (χ4v) is 3.70. The van der Waals surface area contributed by atoms with Crippen LogP contribution in [0.4, 0.5) is 9.18 Å². The highest BCUT2D eigenvalue weighted by Crippen LogP contribution is 2.23. The number of nitrogens with one attached hydrogen (secondary N) is 1. The van der Waals surface area contributed by atoms with Gasteiger partial charge in [-0.15, -0.1) is 0 Å². The Morgan fingerprint density at radius 3 is 2.43 bits per heavy atom. The van der Waals surface area contributed by atoms with Crippen molar-refractivity contribution in [3.8, 4) is 5.75 Å². The van der Waals surface area contributed by atoms with E-state index in [9.17, 15) is 19.1 Å². The maximum absolute atomic E-state index is 13.9. The van der Waals surface area contributed by atoms with Gasteiger partial charge in [-0.05, 0) is 68.9 Å². The van der Waals surface area contributed by atoms with Gasteiger partial charge in [0.15, 0.2) is 5.78 Å². The van der Waals surface area contributed by atoms with E-state index < -0.39 is 0 Å². The highest BCUT2D eigenvalue weighted by atomic mass is 19.1. The zero-order chi connectivity index (χ0) is 21.7. The molecule has 7 heteroatoms. The van der Waals surface area contributed by atoms with E-state index in [2.05, 4.69) is 5.32 Å². The van der Waals surface area contributed by atoms with E-state index in [4.69, 9.17) is 0 Å². The summed E-state index contributed by atoms with van der Waals surface area (Å²) in [6.07, 6.45) is 1.22. The molecular weight excluding hydrogens is 385 g/mol. The molecule has 0 radical (unpaired) electrons. The number of amides is 2. The number of carbonyl (C=O) groups is 2. The molecule has 0 aliphatic carbocycles. The minimum atomic E-state index is -0.251. The van der Waals surface area contributed by atoms with Crippen molar-refractivity contribution in [2.75, 3.05) is 27.2 Å². The Balaban J connectivity index is 1.50. The average Bonchev–Trinajstić information content (AvgIpc) is 2.74. The second-order valence-electron chi connectivity index (χ2n) is 7.99. The summed E-state index contributed by atoms with van der Waals surface area (Å²) >= 11 is 0. The van der Waals surface area contributed by atoms with Gasteiger partial charge in [0.25, 0.3) is 0 Å². The summed E-state index contributed by atoms with van der Waals surface area (Å²) in [7, 11) is 3.76. The molecule has 0 atom stereocenters. The van der Waals surface area contributed by atoms with Gasteiger partial charge in [0.2, 0.25) is 0 Å². The molecule has 0 aromatic heterocycles. The molecule has 1 saturated heterocycles. The fraction of sp³-hybridized carbons (Fsp3) is 0.391. The van der Waals surface area contributed by atoms with Crippen molar-refractivity contribution in [3.63, 3.8) is 0 Å². The van der Waals surface area contributed by atoms with E-state index >= 15 is 0 Å². The lowest BCUT2D eigenvalue weighted by Crippen LogP contribution is -2.45. The quantitative estimate of drug-likeness (QED) is 0.712. The number of piperidine rings is 1. The maximum Gasteiger partial charge on any atom is 0.317 e. The van der Waals surface area contributed by atoms with Crippen molar-refractivity contribution in [1.82, 2.24) is 15.1 Å². The predicted molar refractivity (Wildman–Crippen MR) is 113 cm³/mol. The Morgan fingerprint density at radius 1 is 1.13 bits per heavy atom. The third-order valence-electron chi connectivity index (χ3n) is 5.35. The first-order chi connectivity index (χ1) is 14.3. The molecule has 160 valence electrons. The van der Waals surface area contributed by atoms with Gasteiger partial charge in [0, 0.05) is 43.2 Å². The van der Waals surface area contributed by atoms with Gasteiger partial charge in [-0.3, -0.25) is 4.79 Å². The van der Waals surface area contributed by atoms with E-state index in [1.54, 1.807) is 29.2 Å². The Bertz CT molecular complexity index is 891. The van der Waals surface area contributed by atoms with Crippen LogP contribution in [0, 0.1) is 11.7 Å². The normalized spacial score (nSPS) is 14.7. The van der Waals surface area contributed by atoms with Crippen LogP contribution in [-0.2, 0) is 13.1 Å². The van der Waals surface area contributed by atoms with Crippen molar-refractivity contribution >= 4 is 11.8 Å². The van der Waals surface area contributed by atoms with Crippen LogP contribution in [0.1, 0.15) is 34.3 Å². The highest BCUT2D eigenvalue weighted by Gasteiger charge is 2.27. The summed E-state index contributed by atoms with van der Waals surface area (Å²) in [6.45, 7) is 1.84. The minimum Gasteiger partial charge on any atom is -0.508 e.